The van der Waals surface area contributed by atoms with Gasteiger partial charge in [0, 0.05) is 12.3 Å². The number of unbranched alkanes of at least 4 members (excludes halogenated alkanes) is 8. The summed E-state index contributed by atoms with van der Waals surface area (Å²) in [4.78, 5) is 22.9. The third-order valence-electron chi connectivity index (χ3n) is 3.61. The van der Waals surface area contributed by atoms with Crippen LogP contribution in [0.3, 0.4) is 0 Å². The molecule has 3 heteroatoms. The fourth-order valence-electron chi connectivity index (χ4n) is 2.07. The van der Waals surface area contributed by atoms with Gasteiger partial charge < -0.3 is 5.32 Å². The minimum absolute atomic E-state index is 0.00279. The maximum atomic E-state index is 11.5. The van der Waals surface area contributed by atoms with Crippen molar-refractivity contribution in [1.29, 1.82) is 0 Å². The number of carbonyl (C=O) groups excluding carboxylic acids is 2. The number of Topliss-reactive ketones (excluding diaryl/α,β-unsaturated/α-hetero) is 1. The summed E-state index contributed by atoms with van der Waals surface area (Å²) in [5, 5.41) is 2.70. The van der Waals surface area contributed by atoms with Gasteiger partial charge >= 0.3 is 0 Å². The van der Waals surface area contributed by atoms with E-state index in [1.807, 2.05) is 13.8 Å². The fraction of sp³-hybridized carbons (Fsp3) is 0.882. The van der Waals surface area contributed by atoms with Crippen LogP contribution in [-0.2, 0) is 9.59 Å². The van der Waals surface area contributed by atoms with Crippen LogP contribution in [0.15, 0.2) is 0 Å². The lowest BCUT2D eigenvalue weighted by atomic mass is 10.1. The summed E-state index contributed by atoms with van der Waals surface area (Å²) in [6, 6.07) is 0. The molecule has 0 aliphatic rings. The minimum atomic E-state index is 0.00279. The predicted octanol–water partition coefficient (Wildman–Crippen LogP) is 4.25. The molecule has 0 atom stereocenters. The van der Waals surface area contributed by atoms with Crippen molar-refractivity contribution in [3.63, 3.8) is 0 Å². The zero-order valence-electron chi connectivity index (χ0n) is 13.7. The first-order chi connectivity index (χ1) is 9.57. The third-order valence-corrected chi connectivity index (χ3v) is 3.61. The number of rotatable bonds is 13. The van der Waals surface area contributed by atoms with Crippen LogP contribution in [0.1, 0.15) is 85.0 Å². The van der Waals surface area contributed by atoms with Crippen LogP contribution in [0.4, 0.5) is 0 Å². The molecular formula is C17H33NO2. The van der Waals surface area contributed by atoms with Gasteiger partial charge in [0.05, 0.1) is 6.54 Å². The van der Waals surface area contributed by atoms with Crippen molar-refractivity contribution < 1.29 is 9.59 Å². The van der Waals surface area contributed by atoms with E-state index in [1.54, 1.807) is 0 Å². The van der Waals surface area contributed by atoms with E-state index in [9.17, 15) is 9.59 Å². The summed E-state index contributed by atoms with van der Waals surface area (Å²) in [5.74, 6) is 0.121. The van der Waals surface area contributed by atoms with Crippen LogP contribution >= 0.6 is 0 Å². The molecule has 0 heterocycles. The van der Waals surface area contributed by atoms with Gasteiger partial charge in [-0.15, -0.1) is 0 Å². The first-order valence-corrected chi connectivity index (χ1v) is 8.37. The molecule has 0 fully saturated rings. The average molecular weight is 283 g/mol. The molecule has 118 valence electrons. The number of hydrogen-bond acceptors (Lipinski definition) is 2. The Hall–Kier alpha value is -0.860. The van der Waals surface area contributed by atoms with Crippen molar-refractivity contribution in [3.8, 4) is 0 Å². The monoisotopic (exact) mass is 283 g/mol. The molecule has 0 radical (unpaired) electrons. The maximum Gasteiger partial charge on any atom is 0.220 e. The number of carbonyl (C=O) groups is 2. The number of ketones is 1. The smallest absolute Gasteiger partial charge is 0.220 e. The molecule has 0 unspecified atom stereocenters. The minimum Gasteiger partial charge on any atom is -0.349 e. The zero-order valence-corrected chi connectivity index (χ0v) is 13.7. The highest BCUT2D eigenvalue weighted by Crippen LogP contribution is 2.10. The van der Waals surface area contributed by atoms with Crippen LogP contribution in [0.5, 0.6) is 0 Å². The molecule has 0 aliphatic heterocycles. The molecule has 1 N–H and O–H groups in total. The Morgan fingerprint density at radius 3 is 1.85 bits per heavy atom. The second-order valence-electron chi connectivity index (χ2n) is 5.98. The van der Waals surface area contributed by atoms with Crippen molar-refractivity contribution in [3.05, 3.63) is 0 Å². The van der Waals surface area contributed by atoms with Gasteiger partial charge in [0.25, 0.3) is 0 Å². The van der Waals surface area contributed by atoms with Gasteiger partial charge in [-0.3, -0.25) is 9.59 Å². The highest BCUT2D eigenvalue weighted by molar-refractivity contribution is 5.87. The van der Waals surface area contributed by atoms with Gasteiger partial charge in [-0.2, -0.15) is 0 Å². The largest absolute Gasteiger partial charge is 0.349 e. The van der Waals surface area contributed by atoms with Crippen molar-refractivity contribution in [2.45, 2.75) is 85.0 Å². The Kier molecular flexibility index (Phi) is 12.6. The Balaban J connectivity index is 3.29. The summed E-state index contributed by atoms with van der Waals surface area (Å²) >= 11 is 0. The van der Waals surface area contributed by atoms with E-state index >= 15 is 0 Å². The molecule has 1 amide bonds. The number of hydrogen-bond donors (Lipinski definition) is 1. The molecule has 0 aromatic carbocycles. The van der Waals surface area contributed by atoms with E-state index in [1.165, 1.54) is 44.9 Å². The van der Waals surface area contributed by atoms with Gasteiger partial charge in [0.15, 0.2) is 5.78 Å². The second kappa shape index (κ2) is 13.1. The summed E-state index contributed by atoms with van der Waals surface area (Å²) in [6.45, 7) is 6.14. The van der Waals surface area contributed by atoms with Crippen molar-refractivity contribution in [1.82, 2.24) is 5.32 Å². The summed E-state index contributed by atoms with van der Waals surface area (Å²) in [5.41, 5.74) is 0. The van der Waals surface area contributed by atoms with Gasteiger partial charge in [0.2, 0.25) is 5.91 Å². The Morgan fingerprint density at radius 2 is 1.35 bits per heavy atom. The van der Waals surface area contributed by atoms with E-state index in [2.05, 4.69) is 12.2 Å². The lowest BCUT2D eigenvalue weighted by Crippen LogP contribution is -2.31. The first-order valence-electron chi connectivity index (χ1n) is 8.37. The third kappa shape index (κ3) is 12.2. The van der Waals surface area contributed by atoms with Gasteiger partial charge in [0.1, 0.15) is 0 Å². The molecule has 20 heavy (non-hydrogen) atoms. The van der Waals surface area contributed by atoms with Crippen molar-refractivity contribution in [2.75, 3.05) is 6.54 Å². The molecule has 0 aromatic heterocycles. The van der Waals surface area contributed by atoms with Crippen LogP contribution in [0.2, 0.25) is 0 Å². The van der Waals surface area contributed by atoms with Crippen molar-refractivity contribution in [2.24, 2.45) is 5.92 Å². The molecule has 0 aliphatic carbocycles. The van der Waals surface area contributed by atoms with Crippen LogP contribution in [0.25, 0.3) is 0 Å². The molecule has 0 bridgehead atoms. The normalized spacial score (nSPS) is 10.8. The molecule has 0 spiro atoms. The van der Waals surface area contributed by atoms with E-state index in [-0.39, 0.29) is 24.2 Å². The van der Waals surface area contributed by atoms with Gasteiger partial charge in [-0.05, 0) is 6.42 Å². The lowest BCUT2D eigenvalue weighted by molar-refractivity contribution is -0.126. The van der Waals surface area contributed by atoms with Crippen molar-refractivity contribution >= 4 is 11.7 Å². The molecule has 0 saturated carbocycles. The highest BCUT2D eigenvalue weighted by atomic mass is 16.2. The summed E-state index contributed by atoms with van der Waals surface area (Å²) in [6.07, 6.45) is 11.8. The van der Waals surface area contributed by atoms with Crippen LogP contribution < -0.4 is 5.32 Å². The first kappa shape index (κ1) is 19.1. The zero-order chi connectivity index (χ0) is 15.2. The van der Waals surface area contributed by atoms with E-state index in [0.717, 1.165) is 12.8 Å². The second-order valence-corrected chi connectivity index (χ2v) is 5.98. The molecule has 0 saturated heterocycles. The average Bonchev–Trinajstić information content (AvgIpc) is 2.42. The lowest BCUT2D eigenvalue weighted by Gasteiger charge is -2.06. The number of nitrogens with one attached hydrogen (secondary N) is 1. The SMILES string of the molecule is CCCCCCCCCCCC(=O)NCC(=O)C(C)C. The summed E-state index contributed by atoms with van der Waals surface area (Å²) < 4.78 is 0. The molecule has 0 rings (SSSR count). The molecule has 0 aromatic rings. The van der Waals surface area contributed by atoms with Gasteiger partial charge in [-0.1, -0.05) is 72.1 Å². The molecular weight excluding hydrogens is 250 g/mol. The predicted molar refractivity (Wildman–Crippen MR) is 84.7 cm³/mol. The van der Waals surface area contributed by atoms with Crippen LogP contribution in [-0.4, -0.2) is 18.2 Å². The van der Waals surface area contributed by atoms with Crippen LogP contribution in [0, 0.1) is 5.92 Å². The fourth-order valence-corrected chi connectivity index (χ4v) is 2.07. The van der Waals surface area contributed by atoms with E-state index in [0.29, 0.717) is 6.42 Å². The topological polar surface area (TPSA) is 46.2 Å². The highest BCUT2D eigenvalue weighted by Gasteiger charge is 2.08. The maximum absolute atomic E-state index is 11.5. The Labute approximate surface area is 124 Å². The van der Waals surface area contributed by atoms with E-state index in [4.69, 9.17) is 0 Å². The quantitative estimate of drug-likeness (QED) is 0.514. The molecule has 3 nitrogen and oxygen atoms in total. The Morgan fingerprint density at radius 1 is 0.850 bits per heavy atom. The standard InChI is InChI=1S/C17H33NO2/c1-4-5-6-7-8-9-10-11-12-13-17(20)18-14-16(19)15(2)3/h15H,4-14H2,1-3H3,(H,18,20). The number of amides is 1. The Bertz CT molecular complexity index is 262. The van der Waals surface area contributed by atoms with Gasteiger partial charge in [-0.25, -0.2) is 0 Å². The summed E-state index contributed by atoms with van der Waals surface area (Å²) in [7, 11) is 0. The van der Waals surface area contributed by atoms with E-state index < -0.39 is 0 Å².